The van der Waals surface area contributed by atoms with Gasteiger partial charge in [-0.2, -0.15) is 0 Å². The van der Waals surface area contributed by atoms with Gasteiger partial charge in [0.15, 0.2) is 0 Å². The highest BCUT2D eigenvalue weighted by Gasteiger charge is 2.45. The number of rotatable bonds is 4. The number of fused-ring (bicyclic) bond motifs is 2. The molecule has 0 heterocycles. The Labute approximate surface area is 114 Å². The molecule has 0 aliphatic heterocycles. The molecule has 4 unspecified atom stereocenters. The number of nitrogens with zero attached hydrogens (tertiary/aromatic N) is 1. The molecule has 3 rings (SSSR count). The summed E-state index contributed by atoms with van der Waals surface area (Å²) in [5.74, 6) is 2.01. The van der Waals surface area contributed by atoms with Crippen LogP contribution in [0.1, 0.15) is 26.2 Å². The Morgan fingerprint density at radius 2 is 1.89 bits per heavy atom. The van der Waals surface area contributed by atoms with Crippen LogP contribution in [-0.2, 0) is 0 Å². The van der Waals surface area contributed by atoms with Crippen LogP contribution in [0, 0.1) is 23.6 Å². The molecule has 2 fully saturated rings. The molecule has 2 saturated carbocycles. The van der Waals surface area contributed by atoms with Crippen molar-refractivity contribution in [3.63, 3.8) is 0 Å². The largest absolute Gasteiger partial charge is 0.371 e. The van der Waals surface area contributed by atoms with E-state index in [4.69, 9.17) is 5.73 Å². The lowest BCUT2D eigenvalue weighted by molar-refractivity contribution is 0.291. The zero-order chi connectivity index (χ0) is 13.4. The van der Waals surface area contributed by atoms with Crippen LogP contribution in [0.15, 0.2) is 24.3 Å². The summed E-state index contributed by atoms with van der Waals surface area (Å²) in [5.41, 5.74) is 7.49. The highest BCUT2D eigenvalue weighted by Crippen LogP contribution is 2.48. The van der Waals surface area contributed by atoms with E-state index >= 15 is 0 Å². The molecule has 104 valence electrons. The molecular weight excluding hydrogens is 239 g/mol. The monoisotopic (exact) mass is 262 g/mol. The molecule has 2 aliphatic carbocycles. The molecule has 0 saturated heterocycles. The van der Waals surface area contributed by atoms with Gasteiger partial charge in [0.2, 0.25) is 0 Å². The van der Waals surface area contributed by atoms with E-state index in [0.29, 0.717) is 12.0 Å². The Morgan fingerprint density at radius 3 is 2.47 bits per heavy atom. The number of halogens is 1. The van der Waals surface area contributed by atoms with Crippen molar-refractivity contribution in [2.75, 3.05) is 18.0 Å². The predicted molar refractivity (Wildman–Crippen MR) is 76.6 cm³/mol. The van der Waals surface area contributed by atoms with Gasteiger partial charge in [-0.25, -0.2) is 4.39 Å². The Balaban J connectivity index is 1.71. The smallest absolute Gasteiger partial charge is 0.123 e. The fourth-order valence-electron chi connectivity index (χ4n) is 4.05. The molecule has 2 nitrogen and oxygen atoms in total. The number of nitrogens with two attached hydrogens (primary N) is 1. The predicted octanol–water partition coefficient (Wildman–Crippen LogP) is 3.03. The summed E-state index contributed by atoms with van der Waals surface area (Å²) < 4.78 is 13.0. The number of benzene rings is 1. The molecule has 4 atom stereocenters. The molecule has 19 heavy (non-hydrogen) atoms. The number of hydrogen-bond donors (Lipinski definition) is 1. The van der Waals surface area contributed by atoms with Crippen LogP contribution < -0.4 is 10.6 Å². The van der Waals surface area contributed by atoms with Gasteiger partial charge in [0, 0.05) is 24.8 Å². The zero-order valence-electron chi connectivity index (χ0n) is 11.6. The van der Waals surface area contributed by atoms with Gasteiger partial charge >= 0.3 is 0 Å². The first-order valence-electron chi connectivity index (χ1n) is 7.45. The summed E-state index contributed by atoms with van der Waals surface area (Å²) in [6, 6.07) is 7.19. The molecule has 2 bridgehead atoms. The fourth-order valence-corrected chi connectivity index (χ4v) is 4.05. The first kappa shape index (κ1) is 12.9. The minimum atomic E-state index is -0.170. The van der Waals surface area contributed by atoms with E-state index in [1.165, 1.54) is 19.3 Å². The van der Waals surface area contributed by atoms with Crippen LogP contribution >= 0.6 is 0 Å². The lowest BCUT2D eigenvalue weighted by atomic mass is 9.84. The topological polar surface area (TPSA) is 29.3 Å². The van der Waals surface area contributed by atoms with Gasteiger partial charge < -0.3 is 10.6 Å². The standard InChI is InChI=1S/C16H23FN2/c1-2-19(14-7-5-13(17)6-8-14)10-15-11-3-4-12(9-11)16(15)18/h5-8,11-12,15-16H,2-4,9-10,18H2,1H3. The van der Waals surface area contributed by atoms with E-state index in [1.807, 2.05) is 12.1 Å². The third-order valence-corrected chi connectivity index (χ3v) is 5.16. The maximum Gasteiger partial charge on any atom is 0.123 e. The maximum atomic E-state index is 13.0. The van der Waals surface area contributed by atoms with Crippen molar-refractivity contribution in [1.29, 1.82) is 0 Å². The summed E-state index contributed by atoms with van der Waals surface area (Å²) in [4.78, 5) is 2.34. The van der Waals surface area contributed by atoms with Crippen molar-refractivity contribution in [2.45, 2.75) is 32.2 Å². The Bertz CT molecular complexity index is 429. The average Bonchev–Trinajstić information content (AvgIpc) is 3.00. The van der Waals surface area contributed by atoms with Crippen LogP contribution in [0.25, 0.3) is 0 Å². The second-order valence-electron chi connectivity index (χ2n) is 6.09. The number of anilines is 1. The minimum absolute atomic E-state index is 0.170. The summed E-state index contributed by atoms with van der Waals surface area (Å²) in [6.45, 7) is 4.12. The van der Waals surface area contributed by atoms with Gasteiger partial charge in [0.25, 0.3) is 0 Å². The highest BCUT2D eigenvalue weighted by atomic mass is 19.1. The van der Waals surface area contributed by atoms with Crippen LogP contribution in [0.3, 0.4) is 0 Å². The summed E-state index contributed by atoms with van der Waals surface area (Å²) in [7, 11) is 0. The van der Waals surface area contributed by atoms with E-state index in [1.54, 1.807) is 12.1 Å². The van der Waals surface area contributed by atoms with Crippen molar-refractivity contribution in [3.05, 3.63) is 30.1 Å². The maximum absolute atomic E-state index is 13.0. The molecule has 1 aromatic rings. The van der Waals surface area contributed by atoms with E-state index in [0.717, 1.165) is 30.6 Å². The fraction of sp³-hybridized carbons (Fsp3) is 0.625. The Morgan fingerprint density at radius 1 is 1.21 bits per heavy atom. The van der Waals surface area contributed by atoms with E-state index in [-0.39, 0.29) is 5.82 Å². The summed E-state index contributed by atoms with van der Waals surface area (Å²) in [5, 5.41) is 0. The third kappa shape index (κ3) is 2.36. The van der Waals surface area contributed by atoms with E-state index in [9.17, 15) is 4.39 Å². The highest BCUT2D eigenvalue weighted by molar-refractivity contribution is 5.46. The van der Waals surface area contributed by atoms with Gasteiger partial charge in [0.05, 0.1) is 0 Å². The molecule has 0 aromatic heterocycles. The molecule has 1 aromatic carbocycles. The van der Waals surface area contributed by atoms with Gasteiger partial charge in [-0.15, -0.1) is 0 Å². The van der Waals surface area contributed by atoms with Crippen LogP contribution in [0.4, 0.5) is 10.1 Å². The molecule has 0 radical (unpaired) electrons. The molecule has 0 spiro atoms. The quantitative estimate of drug-likeness (QED) is 0.903. The number of hydrogen-bond acceptors (Lipinski definition) is 2. The SMILES string of the molecule is CCN(CC1C2CCC(C2)C1N)c1ccc(F)cc1. The van der Waals surface area contributed by atoms with Crippen molar-refractivity contribution < 1.29 is 4.39 Å². The van der Waals surface area contributed by atoms with E-state index in [2.05, 4.69) is 11.8 Å². The van der Waals surface area contributed by atoms with Crippen molar-refractivity contribution in [3.8, 4) is 0 Å². The van der Waals surface area contributed by atoms with Crippen LogP contribution in [0.2, 0.25) is 0 Å². The van der Waals surface area contributed by atoms with Crippen LogP contribution in [-0.4, -0.2) is 19.1 Å². The van der Waals surface area contributed by atoms with Gasteiger partial charge in [-0.05, 0) is 68.2 Å². The van der Waals surface area contributed by atoms with Gasteiger partial charge in [-0.3, -0.25) is 0 Å². The van der Waals surface area contributed by atoms with Gasteiger partial charge in [0.1, 0.15) is 5.82 Å². The Hall–Kier alpha value is -1.09. The second kappa shape index (κ2) is 5.12. The zero-order valence-corrected chi connectivity index (χ0v) is 11.6. The molecular formula is C16H23FN2. The lowest BCUT2D eigenvalue weighted by Gasteiger charge is -2.34. The molecule has 0 amide bonds. The summed E-state index contributed by atoms with van der Waals surface area (Å²) in [6.07, 6.45) is 4.00. The lowest BCUT2D eigenvalue weighted by Crippen LogP contribution is -2.43. The molecule has 3 heteroatoms. The van der Waals surface area contributed by atoms with E-state index < -0.39 is 0 Å². The molecule has 2 aliphatic rings. The first-order valence-corrected chi connectivity index (χ1v) is 7.45. The van der Waals surface area contributed by atoms with Crippen molar-refractivity contribution >= 4 is 5.69 Å². The Kier molecular flexibility index (Phi) is 3.48. The second-order valence-corrected chi connectivity index (χ2v) is 6.09. The first-order chi connectivity index (χ1) is 9.19. The van der Waals surface area contributed by atoms with Crippen molar-refractivity contribution in [1.82, 2.24) is 0 Å². The van der Waals surface area contributed by atoms with Crippen LogP contribution in [0.5, 0.6) is 0 Å². The van der Waals surface area contributed by atoms with Crippen molar-refractivity contribution in [2.24, 2.45) is 23.5 Å². The normalized spacial score (nSPS) is 32.8. The third-order valence-electron chi connectivity index (χ3n) is 5.16. The minimum Gasteiger partial charge on any atom is -0.371 e. The summed E-state index contributed by atoms with van der Waals surface area (Å²) >= 11 is 0. The van der Waals surface area contributed by atoms with Gasteiger partial charge in [-0.1, -0.05) is 0 Å². The average molecular weight is 262 g/mol. The molecule has 2 N–H and O–H groups in total.